The Bertz CT molecular complexity index is 1270. The summed E-state index contributed by atoms with van der Waals surface area (Å²) < 4.78 is 41.6. The molecule has 0 atom stereocenters. The van der Waals surface area contributed by atoms with Crippen molar-refractivity contribution in [2.75, 3.05) is 5.32 Å². The molecule has 0 saturated carbocycles. The number of halogens is 5. The van der Waals surface area contributed by atoms with Crippen LogP contribution in [0.4, 0.5) is 18.9 Å². The zero-order chi connectivity index (χ0) is 21.6. The molecule has 2 N–H and O–H groups in total. The number of benzene rings is 1. The number of hydrogen-bond acceptors (Lipinski definition) is 5. The van der Waals surface area contributed by atoms with E-state index in [4.69, 9.17) is 11.6 Å². The van der Waals surface area contributed by atoms with Crippen LogP contribution in [0.25, 0.3) is 16.2 Å². The molecule has 12 heteroatoms. The molecule has 4 aromatic rings. The summed E-state index contributed by atoms with van der Waals surface area (Å²) in [6.45, 7) is 0. The normalized spacial score (nSPS) is 11.8. The van der Waals surface area contributed by atoms with Gasteiger partial charge in [-0.2, -0.15) is 18.3 Å². The highest BCUT2D eigenvalue weighted by Crippen LogP contribution is 2.36. The molecule has 30 heavy (non-hydrogen) atoms. The number of thiophene rings is 1. The number of carbonyl (C=O) groups is 1. The number of rotatable bonds is 3. The summed E-state index contributed by atoms with van der Waals surface area (Å²) in [5.74, 6) is -1.11. The van der Waals surface area contributed by atoms with E-state index in [9.17, 15) is 23.1 Å². The van der Waals surface area contributed by atoms with Crippen LogP contribution in [0.15, 0.2) is 46.3 Å². The van der Waals surface area contributed by atoms with Gasteiger partial charge in [0.15, 0.2) is 17.0 Å². The van der Waals surface area contributed by atoms with Gasteiger partial charge in [-0.1, -0.05) is 17.7 Å². The largest absolute Gasteiger partial charge is 0.506 e. The minimum Gasteiger partial charge on any atom is -0.506 e. The number of carbonyl (C=O) groups excluding carboxylic acids is 1. The van der Waals surface area contributed by atoms with E-state index in [0.29, 0.717) is 9.39 Å². The predicted molar refractivity (Wildman–Crippen MR) is 110 cm³/mol. The number of nitrogens with zero attached hydrogens (tertiary/aromatic N) is 3. The molecule has 0 spiro atoms. The maximum atomic E-state index is 13.7. The fourth-order valence-electron chi connectivity index (χ4n) is 2.68. The molecule has 0 fully saturated rings. The maximum Gasteiger partial charge on any atom is 0.433 e. The lowest BCUT2D eigenvalue weighted by Gasteiger charge is -2.10. The van der Waals surface area contributed by atoms with Crippen LogP contribution in [0.2, 0.25) is 5.02 Å². The van der Waals surface area contributed by atoms with Gasteiger partial charge in [-0.15, -0.1) is 11.3 Å². The number of nitrogens with one attached hydrogen (secondary N) is 1. The number of aromatic hydroxyl groups is 1. The van der Waals surface area contributed by atoms with Gasteiger partial charge in [0, 0.05) is 5.02 Å². The molecule has 4 rings (SSSR count). The molecule has 6 nitrogen and oxygen atoms in total. The summed E-state index contributed by atoms with van der Waals surface area (Å²) in [4.78, 5) is 17.4. The van der Waals surface area contributed by atoms with Crippen LogP contribution >= 0.6 is 38.9 Å². The Hall–Kier alpha value is -2.63. The van der Waals surface area contributed by atoms with Crippen molar-refractivity contribution in [3.8, 4) is 16.3 Å². The molecule has 0 aliphatic rings. The fraction of sp³-hybridized carbons (Fsp3) is 0.0556. The summed E-state index contributed by atoms with van der Waals surface area (Å²) in [7, 11) is 0. The van der Waals surface area contributed by atoms with Gasteiger partial charge in [-0.05, 0) is 51.6 Å². The molecule has 1 aromatic carbocycles. The van der Waals surface area contributed by atoms with Crippen molar-refractivity contribution in [3.05, 3.63) is 62.7 Å². The van der Waals surface area contributed by atoms with Crippen LogP contribution in [0, 0.1) is 0 Å². The zero-order valence-electron chi connectivity index (χ0n) is 14.5. The second-order valence-corrected chi connectivity index (χ2v) is 8.19. The SMILES string of the molecule is O=C(Nc1cc(Cl)ccc1O)c1nn2c(C(F)(F)F)cc(-c3cccs3)nc2c1Br. The number of aromatic nitrogens is 3. The van der Waals surface area contributed by atoms with Crippen LogP contribution < -0.4 is 5.32 Å². The van der Waals surface area contributed by atoms with E-state index in [-0.39, 0.29) is 38.0 Å². The third-order valence-corrected chi connectivity index (χ3v) is 5.88. The van der Waals surface area contributed by atoms with E-state index in [1.165, 1.54) is 29.5 Å². The third kappa shape index (κ3) is 3.75. The van der Waals surface area contributed by atoms with Gasteiger partial charge in [0.1, 0.15) is 5.75 Å². The summed E-state index contributed by atoms with van der Waals surface area (Å²) in [6, 6.07) is 8.20. The second kappa shape index (κ2) is 7.56. The summed E-state index contributed by atoms with van der Waals surface area (Å²) in [5.41, 5.74) is -1.50. The molecule has 0 aliphatic heterocycles. The highest BCUT2D eigenvalue weighted by molar-refractivity contribution is 9.10. The van der Waals surface area contributed by atoms with E-state index >= 15 is 0 Å². The summed E-state index contributed by atoms with van der Waals surface area (Å²) in [5, 5.41) is 18.0. The topological polar surface area (TPSA) is 79.5 Å². The van der Waals surface area contributed by atoms with Gasteiger partial charge in [0.2, 0.25) is 0 Å². The van der Waals surface area contributed by atoms with Gasteiger partial charge < -0.3 is 10.4 Å². The monoisotopic (exact) mass is 516 g/mol. The van der Waals surface area contributed by atoms with Gasteiger partial charge in [0.05, 0.1) is 20.7 Å². The number of anilines is 1. The Morgan fingerprint density at radius 1 is 1.27 bits per heavy atom. The molecule has 0 bridgehead atoms. The van der Waals surface area contributed by atoms with Crippen LogP contribution in [0.3, 0.4) is 0 Å². The molecule has 0 aliphatic carbocycles. The number of phenolic OH excluding ortho intramolecular Hbond substituents is 1. The highest BCUT2D eigenvalue weighted by atomic mass is 79.9. The lowest BCUT2D eigenvalue weighted by atomic mass is 10.2. The summed E-state index contributed by atoms with van der Waals surface area (Å²) >= 11 is 10.2. The van der Waals surface area contributed by atoms with Crippen molar-refractivity contribution in [2.45, 2.75) is 6.18 Å². The van der Waals surface area contributed by atoms with Crippen molar-refractivity contribution < 1.29 is 23.1 Å². The van der Waals surface area contributed by atoms with E-state index < -0.39 is 17.8 Å². The first kappa shape index (κ1) is 20.6. The minimum absolute atomic E-state index is 0.0141. The maximum absolute atomic E-state index is 13.7. The molecule has 0 unspecified atom stereocenters. The van der Waals surface area contributed by atoms with Gasteiger partial charge >= 0.3 is 6.18 Å². The molecule has 0 saturated heterocycles. The average molecular weight is 518 g/mol. The highest BCUT2D eigenvalue weighted by Gasteiger charge is 2.36. The Labute approximate surface area is 184 Å². The fourth-order valence-corrected chi connectivity index (χ4v) is 4.05. The van der Waals surface area contributed by atoms with Crippen molar-refractivity contribution in [3.63, 3.8) is 0 Å². The van der Waals surface area contributed by atoms with E-state index in [1.807, 2.05) is 0 Å². The number of alkyl halides is 3. The molecule has 3 aromatic heterocycles. The van der Waals surface area contributed by atoms with Crippen molar-refractivity contribution >= 4 is 56.1 Å². The quantitative estimate of drug-likeness (QED) is 0.334. The van der Waals surface area contributed by atoms with E-state index in [0.717, 1.165) is 6.07 Å². The Kier molecular flexibility index (Phi) is 5.20. The number of phenols is 1. The number of hydrogen-bond donors (Lipinski definition) is 2. The molecule has 1 amide bonds. The Morgan fingerprint density at radius 2 is 2.03 bits per heavy atom. The van der Waals surface area contributed by atoms with Crippen molar-refractivity contribution in [2.24, 2.45) is 0 Å². The summed E-state index contributed by atoms with van der Waals surface area (Å²) in [6.07, 6.45) is -4.74. The van der Waals surface area contributed by atoms with Crippen LogP contribution in [0.1, 0.15) is 16.2 Å². The molecule has 3 heterocycles. The predicted octanol–water partition coefficient (Wildman–Crippen LogP) is 5.85. The molecule has 0 radical (unpaired) electrons. The average Bonchev–Trinajstić information content (AvgIpc) is 3.32. The van der Waals surface area contributed by atoms with Crippen LogP contribution in [-0.2, 0) is 6.18 Å². The minimum atomic E-state index is -4.74. The lowest BCUT2D eigenvalue weighted by molar-refractivity contribution is -0.142. The Morgan fingerprint density at radius 3 is 2.70 bits per heavy atom. The van der Waals surface area contributed by atoms with E-state index in [2.05, 4.69) is 31.3 Å². The van der Waals surface area contributed by atoms with Gasteiger partial charge in [0.25, 0.3) is 5.91 Å². The first-order valence-corrected chi connectivity index (χ1v) is 10.2. The zero-order valence-corrected chi connectivity index (χ0v) is 17.7. The van der Waals surface area contributed by atoms with Gasteiger partial charge in [-0.25, -0.2) is 9.50 Å². The third-order valence-electron chi connectivity index (χ3n) is 4.02. The van der Waals surface area contributed by atoms with Gasteiger partial charge in [-0.3, -0.25) is 4.79 Å². The van der Waals surface area contributed by atoms with Crippen LogP contribution in [0.5, 0.6) is 5.75 Å². The second-order valence-electron chi connectivity index (χ2n) is 6.02. The number of amides is 1. The first-order chi connectivity index (χ1) is 14.1. The molecular formula is C18H9BrClF3N4O2S. The number of fused-ring (bicyclic) bond motifs is 1. The van der Waals surface area contributed by atoms with Crippen molar-refractivity contribution in [1.82, 2.24) is 14.6 Å². The van der Waals surface area contributed by atoms with Crippen molar-refractivity contribution in [1.29, 1.82) is 0 Å². The standard InChI is InChI=1S/C18H9BrClF3N4O2S/c19-14-15(17(29)25-9-6-8(20)3-4-11(9)28)26-27-13(18(21,22)23)7-10(24-16(14)27)12-2-1-5-30-12/h1-7,28H,(H,25,29). The molecule has 154 valence electrons. The Balaban J connectivity index is 1.85. The smallest absolute Gasteiger partial charge is 0.433 e. The lowest BCUT2D eigenvalue weighted by Crippen LogP contribution is -2.16. The van der Waals surface area contributed by atoms with E-state index in [1.54, 1.807) is 17.5 Å². The first-order valence-electron chi connectivity index (χ1n) is 8.15. The molecular weight excluding hydrogens is 509 g/mol. The van der Waals surface area contributed by atoms with Crippen LogP contribution in [-0.4, -0.2) is 25.6 Å².